The average molecular weight is 297 g/mol. The van der Waals surface area contributed by atoms with Crippen molar-refractivity contribution < 1.29 is 13.5 Å². The largest absolute Gasteiger partial charge is 0.386 e. The van der Waals surface area contributed by atoms with Crippen LogP contribution in [0.5, 0.6) is 0 Å². The SMILES string of the molecule is CS(=O)(=O)c1ccc(NCC(O)c2cccs2)cc1. The van der Waals surface area contributed by atoms with Crippen molar-refractivity contribution in [3.63, 3.8) is 0 Å². The number of hydrogen-bond acceptors (Lipinski definition) is 5. The van der Waals surface area contributed by atoms with Gasteiger partial charge in [-0.3, -0.25) is 0 Å². The molecule has 0 saturated carbocycles. The summed E-state index contributed by atoms with van der Waals surface area (Å²) in [5.74, 6) is 0. The fourth-order valence-corrected chi connectivity index (χ4v) is 2.96. The third kappa shape index (κ3) is 3.79. The first-order valence-corrected chi connectivity index (χ1v) is 8.49. The van der Waals surface area contributed by atoms with Gasteiger partial charge in [-0.2, -0.15) is 0 Å². The van der Waals surface area contributed by atoms with Gasteiger partial charge in [0.2, 0.25) is 0 Å². The van der Waals surface area contributed by atoms with Crippen LogP contribution in [-0.4, -0.2) is 26.3 Å². The molecule has 0 saturated heterocycles. The van der Waals surface area contributed by atoms with Gasteiger partial charge in [0.25, 0.3) is 0 Å². The Kier molecular flexibility index (Phi) is 4.24. The van der Waals surface area contributed by atoms with Crippen LogP contribution in [0.4, 0.5) is 5.69 Å². The number of benzene rings is 1. The van der Waals surface area contributed by atoms with Gasteiger partial charge in [0, 0.05) is 23.4 Å². The number of aliphatic hydroxyl groups excluding tert-OH is 1. The van der Waals surface area contributed by atoms with E-state index in [4.69, 9.17) is 0 Å². The predicted octanol–water partition coefficient (Wildman–Crippen LogP) is 2.30. The summed E-state index contributed by atoms with van der Waals surface area (Å²) in [6.45, 7) is 0.388. The summed E-state index contributed by atoms with van der Waals surface area (Å²) in [5, 5.41) is 14.9. The minimum atomic E-state index is -3.16. The van der Waals surface area contributed by atoms with E-state index in [1.807, 2.05) is 17.5 Å². The Bertz CT molecular complexity index is 618. The molecule has 2 rings (SSSR count). The fourth-order valence-electron chi connectivity index (χ4n) is 1.62. The molecule has 1 unspecified atom stereocenters. The second-order valence-corrected chi connectivity index (χ2v) is 7.20. The van der Waals surface area contributed by atoms with Crippen molar-refractivity contribution in [3.05, 3.63) is 46.7 Å². The van der Waals surface area contributed by atoms with Crippen LogP contribution in [0.15, 0.2) is 46.7 Å². The maximum Gasteiger partial charge on any atom is 0.175 e. The Hall–Kier alpha value is -1.37. The minimum absolute atomic E-state index is 0.289. The van der Waals surface area contributed by atoms with Crippen molar-refractivity contribution in [3.8, 4) is 0 Å². The average Bonchev–Trinajstić information content (AvgIpc) is 2.89. The molecule has 1 aromatic heterocycles. The molecule has 0 amide bonds. The van der Waals surface area contributed by atoms with Crippen LogP contribution in [-0.2, 0) is 9.84 Å². The van der Waals surface area contributed by atoms with Gasteiger partial charge in [-0.05, 0) is 35.7 Å². The molecule has 2 N–H and O–H groups in total. The van der Waals surface area contributed by atoms with Crippen LogP contribution >= 0.6 is 11.3 Å². The van der Waals surface area contributed by atoms with Crippen molar-refractivity contribution in [1.29, 1.82) is 0 Å². The lowest BCUT2D eigenvalue weighted by Crippen LogP contribution is -2.11. The Balaban J connectivity index is 1.97. The molecule has 19 heavy (non-hydrogen) atoms. The minimum Gasteiger partial charge on any atom is -0.386 e. The number of thiophene rings is 1. The highest BCUT2D eigenvalue weighted by atomic mass is 32.2. The number of hydrogen-bond donors (Lipinski definition) is 2. The maximum atomic E-state index is 11.3. The van der Waals surface area contributed by atoms with E-state index in [0.29, 0.717) is 6.54 Å². The van der Waals surface area contributed by atoms with Crippen LogP contribution in [0.25, 0.3) is 0 Å². The van der Waals surface area contributed by atoms with Crippen molar-refractivity contribution in [1.82, 2.24) is 0 Å². The van der Waals surface area contributed by atoms with Crippen molar-refractivity contribution in [2.24, 2.45) is 0 Å². The van der Waals surface area contributed by atoms with Gasteiger partial charge < -0.3 is 10.4 Å². The van der Waals surface area contributed by atoms with E-state index < -0.39 is 15.9 Å². The monoisotopic (exact) mass is 297 g/mol. The van der Waals surface area contributed by atoms with Gasteiger partial charge in [-0.15, -0.1) is 11.3 Å². The first kappa shape index (κ1) is 14.0. The number of aliphatic hydroxyl groups is 1. The lowest BCUT2D eigenvalue weighted by atomic mass is 10.2. The van der Waals surface area contributed by atoms with E-state index in [-0.39, 0.29) is 4.90 Å². The molecule has 1 atom stereocenters. The number of rotatable bonds is 5. The third-order valence-electron chi connectivity index (χ3n) is 2.65. The first-order valence-electron chi connectivity index (χ1n) is 5.72. The normalized spacial score (nSPS) is 13.2. The zero-order valence-electron chi connectivity index (χ0n) is 10.4. The lowest BCUT2D eigenvalue weighted by Gasteiger charge is -2.11. The van der Waals surface area contributed by atoms with Crippen molar-refractivity contribution in [2.75, 3.05) is 18.1 Å². The molecule has 4 nitrogen and oxygen atoms in total. The molecular formula is C13H15NO3S2. The second-order valence-electron chi connectivity index (χ2n) is 4.21. The third-order valence-corrected chi connectivity index (χ3v) is 4.76. The summed E-state index contributed by atoms with van der Waals surface area (Å²) >= 11 is 1.50. The highest BCUT2D eigenvalue weighted by Gasteiger charge is 2.09. The van der Waals surface area contributed by atoms with Gasteiger partial charge in [-0.1, -0.05) is 6.07 Å². The molecule has 0 radical (unpaired) electrons. The van der Waals surface area contributed by atoms with Crippen LogP contribution in [0, 0.1) is 0 Å². The first-order chi connectivity index (χ1) is 8.97. The molecule has 2 aromatic rings. The summed E-state index contributed by atoms with van der Waals surface area (Å²) in [6.07, 6.45) is 0.616. The summed E-state index contributed by atoms with van der Waals surface area (Å²) in [5.41, 5.74) is 0.781. The smallest absolute Gasteiger partial charge is 0.175 e. The molecule has 0 bridgehead atoms. The molecular weight excluding hydrogens is 282 g/mol. The maximum absolute atomic E-state index is 11.3. The molecule has 0 aliphatic rings. The molecule has 0 fully saturated rings. The van der Waals surface area contributed by atoms with Crippen molar-refractivity contribution >= 4 is 26.9 Å². The second kappa shape index (κ2) is 5.73. The number of sulfone groups is 1. The molecule has 0 aliphatic heterocycles. The van der Waals surface area contributed by atoms with Crippen LogP contribution in [0.2, 0.25) is 0 Å². The standard InChI is InChI=1S/C13H15NO3S2/c1-19(16,17)11-6-4-10(5-7-11)14-9-12(15)13-3-2-8-18-13/h2-8,12,14-15H,9H2,1H3. The van der Waals surface area contributed by atoms with Gasteiger partial charge in [0.05, 0.1) is 4.90 Å². The molecule has 0 aliphatic carbocycles. The number of anilines is 1. The van der Waals surface area contributed by atoms with E-state index in [9.17, 15) is 13.5 Å². The zero-order chi connectivity index (χ0) is 13.9. The molecule has 1 heterocycles. The van der Waals surface area contributed by atoms with Gasteiger partial charge in [0.15, 0.2) is 9.84 Å². The van der Waals surface area contributed by atoms with E-state index in [0.717, 1.165) is 10.6 Å². The zero-order valence-corrected chi connectivity index (χ0v) is 12.0. The Morgan fingerprint density at radius 3 is 2.47 bits per heavy atom. The summed E-state index contributed by atoms with van der Waals surface area (Å²) in [7, 11) is -3.16. The predicted molar refractivity (Wildman–Crippen MR) is 77.3 cm³/mol. The van der Waals surface area contributed by atoms with Crippen LogP contribution < -0.4 is 5.32 Å². The molecule has 102 valence electrons. The highest BCUT2D eigenvalue weighted by molar-refractivity contribution is 7.90. The topological polar surface area (TPSA) is 66.4 Å². The Morgan fingerprint density at radius 1 is 1.26 bits per heavy atom. The summed E-state index contributed by atoms with van der Waals surface area (Å²) < 4.78 is 22.6. The van der Waals surface area contributed by atoms with E-state index in [2.05, 4.69) is 5.32 Å². The van der Waals surface area contributed by atoms with Gasteiger partial charge in [0.1, 0.15) is 6.10 Å². The Labute approximate surface area is 116 Å². The fraction of sp³-hybridized carbons (Fsp3) is 0.231. The lowest BCUT2D eigenvalue weighted by molar-refractivity contribution is 0.195. The Morgan fingerprint density at radius 2 is 1.95 bits per heavy atom. The van der Waals surface area contributed by atoms with Crippen molar-refractivity contribution in [2.45, 2.75) is 11.0 Å². The molecule has 1 aromatic carbocycles. The molecule has 0 spiro atoms. The quantitative estimate of drug-likeness (QED) is 0.888. The van der Waals surface area contributed by atoms with Crippen LogP contribution in [0.3, 0.4) is 0 Å². The highest BCUT2D eigenvalue weighted by Crippen LogP contribution is 2.20. The summed E-state index contributed by atoms with van der Waals surface area (Å²) in [6, 6.07) is 10.3. The van der Waals surface area contributed by atoms with Crippen LogP contribution in [0.1, 0.15) is 11.0 Å². The van der Waals surface area contributed by atoms with Gasteiger partial charge >= 0.3 is 0 Å². The number of nitrogens with one attached hydrogen (secondary N) is 1. The van der Waals surface area contributed by atoms with Gasteiger partial charge in [-0.25, -0.2) is 8.42 Å². The van der Waals surface area contributed by atoms with E-state index in [1.165, 1.54) is 17.6 Å². The van der Waals surface area contributed by atoms with E-state index >= 15 is 0 Å². The summed E-state index contributed by atoms with van der Waals surface area (Å²) in [4.78, 5) is 1.19. The van der Waals surface area contributed by atoms with E-state index in [1.54, 1.807) is 24.3 Å². The molecule has 6 heteroatoms.